The van der Waals surface area contributed by atoms with Crippen molar-refractivity contribution in [1.82, 2.24) is 19.9 Å². The Morgan fingerprint density at radius 3 is 0.674 bits per heavy atom. The Bertz CT molecular complexity index is 4380. The van der Waals surface area contributed by atoms with Crippen molar-refractivity contribution in [3.8, 4) is 44.5 Å². The Morgan fingerprint density at radius 2 is 0.489 bits per heavy atom. The fourth-order valence-corrected chi connectivity index (χ4v) is 13.4. The molecule has 8 aromatic carbocycles. The van der Waals surface area contributed by atoms with Crippen LogP contribution in [-0.2, 0) is 19.2 Å². The number of rotatable bonds is 16. The van der Waals surface area contributed by atoms with Crippen molar-refractivity contribution in [1.29, 1.82) is 0 Å². The highest BCUT2D eigenvalue weighted by atomic mass is 16.1. The Balaban J connectivity index is 1.07. The smallest absolute Gasteiger partial charge is 0.141 e. The van der Waals surface area contributed by atoms with E-state index in [-0.39, 0.29) is 23.1 Å². The van der Waals surface area contributed by atoms with E-state index in [1.807, 2.05) is 218 Å². The lowest BCUT2D eigenvalue weighted by molar-refractivity contribution is -0.118. The van der Waals surface area contributed by atoms with E-state index in [0.717, 1.165) is 111 Å². The van der Waals surface area contributed by atoms with Gasteiger partial charge in [-0.1, -0.05) is 146 Å². The summed E-state index contributed by atoms with van der Waals surface area (Å²) in [6.45, 7) is 6.40. The minimum Gasteiger partial charge on any atom is -0.399 e. The Labute approximate surface area is 533 Å². The van der Waals surface area contributed by atoms with Crippen molar-refractivity contribution in [2.24, 2.45) is 0 Å². The van der Waals surface area contributed by atoms with Crippen molar-refractivity contribution in [2.75, 3.05) is 22.9 Å². The quantitative estimate of drug-likeness (QED) is 0.0501. The van der Waals surface area contributed by atoms with Gasteiger partial charge in [-0.15, -0.1) is 0 Å². The molecule has 0 fully saturated rings. The van der Waals surface area contributed by atoms with E-state index >= 15 is 0 Å². The van der Waals surface area contributed by atoms with Crippen LogP contribution in [0, 0.1) is 0 Å². The van der Waals surface area contributed by atoms with E-state index < -0.39 is 23.7 Å². The number of aromatic nitrogens is 4. The predicted octanol–water partition coefficient (Wildman–Crippen LogP) is 16.5. The van der Waals surface area contributed by atoms with Gasteiger partial charge in [-0.3, -0.25) is 19.2 Å². The van der Waals surface area contributed by atoms with Gasteiger partial charge in [0.1, 0.15) is 23.1 Å². The van der Waals surface area contributed by atoms with Crippen LogP contribution in [0.1, 0.15) is 119 Å². The average molecular weight is 1200 g/mol. The third kappa shape index (κ3) is 11.6. The second-order valence-corrected chi connectivity index (χ2v) is 23.8. The van der Waals surface area contributed by atoms with E-state index in [4.69, 9.17) is 32.9 Å². The summed E-state index contributed by atoms with van der Waals surface area (Å²) in [7, 11) is 0. The molecule has 0 aliphatic carbocycles. The van der Waals surface area contributed by atoms with Gasteiger partial charge in [0.2, 0.25) is 0 Å². The monoisotopic (exact) mass is 1200 g/mol. The fourth-order valence-electron chi connectivity index (χ4n) is 13.4. The minimum atomic E-state index is -0.542. The van der Waals surface area contributed by atoms with E-state index in [0.29, 0.717) is 45.5 Å². The van der Waals surface area contributed by atoms with Crippen LogP contribution in [-0.4, -0.2) is 43.1 Å². The number of nitrogens with zero attached hydrogens (tertiary/aromatic N) is 2. The standard InChI is InChI=1S/C80H66N8O4/c1-45(89)73(57-9-5-13-61(81)41-57)49-17-25-53(26-18-49)77-65-33-35-67(85-65)78(54-27-19-50(20-28-54)74(46(2)90)58-10-6-14-62(82)42-58)69-37-39-71(87-69)80(56-31-23-52(24-32-56)76(48(4)92)60-12-8-16-64(84)44-60)72-40-38-70(88-72)79(68-36-34-66(77)86-68)55-29-21-51(22-30-55)75(47(3)91)59-11-7-15-63(83)43-59/h5-44,73-76,85,88H,81-84H2,1-4H3/t73-,74-,75-,76-/m1/s1. The molecule has 0 saturated carbocycles. The summed E-state index contributed by atoms with van der Waals surface area (Å²) in [4.78, 5) is 72.8. The number of fused-ring (bicyclic) bond motifs is 8. The SMILES string of the molecule is CC(=O)[C@H](c1ccc(-c2c3nc(c(-c4ccc([C@@H](C(C)=O)c5cccc(N)c5)cc4)c4ccc([nH]4)c(-c4ccc([C@@H](C(C)=O)c5cccc(N)c5)cc4)c4nc(c(-c5ccc([C@@H](C(C)=O)c6cccc(N)c6)cc5)c5ccc2[nH]5)C=C4)C=C3)cc1)c1cccc(N)c1. The molecular formula is C80H66N8O4. The summed E-state index contributed by atoms with van der Waals surface area (Å²) in [5, 5.41) is 0. The van der Waals surface area contributed by atoms with Crippen molar-refractivity contribution in [3.63, 3.8) is 0 Å². The first-order chi connectivity index (χ1) is 44.5. The molecule has 0 radical (unpaired) electrons. The van der Waals surface area contributed by atoms with Crippen LogP contribution in [0.4, 0.5) is 22.7 Å². The molecule has 12 heteroatoms. The lowest BCUT2D eigenvalue weighted by atomic mass is 9.87. The first kappa shape index (κ1) is 59.2. The fraction of sp³-hybridized carbons (Fsp3) is 0.100. The number of anilines is 4. The number of hydrogen-bond acceptors (Lipinski definition) is 10. The normalized spacial score (nSPS) is 13.1. The molecule has 10 N–H and O–H groups in total. The lowest BCUT2D eigenvalue weighted by Gasteiger charge is -2.16. The number of ketones is 4. The molecule has 0 spiro atoms. The van der Waals surface area contributed by atoms with Crippen LogP contribution in [0.5, 0.6) is 0 Å². The van der Waals surface area contributed by atoms with E-state index in [2.05, 4.69) is 34.2 Å². The summed E-state index contributed by atoms with van der Waals surface area (Å²) in [5.74, 6) is -2.23. The van der Waals surface area contributed by atoms with Crippen LogP contribution in [0.2, 0.25) is 0 Å². The summed E-state index contributed by atoms with van der Waals surface area (Å²) < 4.78 is 0. The molecule has 8 bridgehead atoms. The maximum Gasteiger partial charge on any atom is 0.141 e. The van der Waals surface area contributed by atoms with E-state index in [1.165, 1.54) is 0 Å². The summed E-state index contributed by atoms with van der Waals surface area (Å²) >= 11 is 0. The van der Waals surface area contributed by atoms with Crippen LogP contribution in [0.25, 0.3) is 90.9 Å². The van der Waals surface area contributed by atoms with Crippen molar-refractivity contribution < 1.29 is 19.2 Å². The second kappa shape index (κ2) is 24.7. The number of aromatic amines is 2. The molecule has 0 amide bonds. The highest BCUT2D eigenvalue weighted by Gasteiger charge is 2.26. The Kier molecular flexibility index (Phi) is 15.9. The second-order valence-electron chi connectivity index (χ2n) is 23.8. The van der Waals surface area contributed by atoms with Gasteiger partial charge >= 0.3 is 0 Å². The topological polar surface area (TPSA) is 230 Å². The third-order valence-electron chi connectivity index (χ3n) is 17.5. The molecule has 3 aromatic heterocycles. The number of nitrogens with two attached hydrogens (primary N) is 4. The minimum absolute atomic E-state index is 0.0141. The number of carbonyl (C=O) groups excluding carboxylic acids is 4. The zero-order chi connectivity index (χ0) is 63.9. The zero-order valence-electron chi connectivity index (χ0n) is 51.2. The summed E-state index contributed by atoms with van der Waals surface area (Å²) in [6, 6.07) is 70.3. The molecular weight excluding hydrogens is 1140 g/mol. The zero-order valence-corrected chi connectivity index (χ0v) is 51.2. The molecule has 450 valence electrons. The predicted molar refractivity (Wildman–Crippen MR) is 374 cm³/mol. The van der Waals surface area contributed by atoms with E-state index in [1.54, 1.807) is 27.7 Å². The molecule has 2 aliphatic rings. The van der Waals surface area contributed by atoms with Gasteiger partial charge in [-0.25, -0.2) is 9.97 Å². The van der Waals surface area contributed by atoms with Gasteiger partial charge < -0.3 is 32.9 Å². The van der Waals surface area contributed by atoms with Crippen LogP contribution < -0.4 is 22.9 Å². The van der Waals surface area contributed by atoms with Gasteiger partial charge in [-0.05, 0) is 192 Å². The molecule has 2 aliphatic heterocycles. The highest BCUT2D eigenvalue weighted by Crippen LogP contribution is 2.42. The molecule has 0 saturated heterocycles. The molecule has 12 nitrogen and oxygen atoms in total. The van der Waals surface area contributed by atoms with Gasteiger partial charge in [0.25, 0.3) is 0 Å². The summed E-state index contributed by atoms with van der Waals surface area (Å²) in [6.07, 6.45) is 8.12. The number of H-pyrrole nitrogens is 2. The molecule has 13 rings (SSSR count). The molecule has 4 atom stereocenters. The number of hydrogen-bond donors (Lipinski definition) is 6. The van der Waals surface area contributed by atoms with Gasteiger partial charge in [0.05, 0.1) is 46.4 Å². The number of benzene rings is 8. The average Bonchev–Trinajstić information content (AvgIpc) is 1.87. The number of nitrogen functional groups attached to an aromatic ring is 4. The van der Waals surface area contributed by atoms with E-state index in [9.17, 15) is 19.2 Å². The van der Waals surface area contributed by atoms with Gasteiger partial charge in [0, 0.05) is 67.1 Å². The highest BCUT2D eigenvalue weighted by molar-refractivity contribution is 6.01. The molecule has 5 heterocycles. The number of nitrogens with one attached hydrogen (secondary N) is 2. The molecule has 0 unspecified atom stereocenters. The van der Waals surface area contributed by atoms with Crippen molar-refractivity contribution in [2.45, 2.75) is 51.4 Å². The number of carbonyl (C=O) groups is 4. The van der Waals surface area contributed by atoms with Crippen LogP contribution >= 0.6 is 0 Å². The lowest BCUT2D eigenvalue weighted by Crippen LogP contribution is -2.11. The number of Topliss-reactive ketones (excluding diaryl/α,β-unsaturated/α-hetero) is 4. The maximum atomic E-state index is 13.5. The Hall–Kier alpha value is -11.8. The first-order valence-electron chi connectivity index (χ1n) is 30.5. The first-order valence-corrected chi connectivity index (χ1v) is 30.5. The third-order valence-corrected chi connectivity index (χ3v) is 17.5. The largest absolute Gasteiger partial charge is 0.399 e. The summed E-state index contributed by atoms with van der Waals surface area (Å²) in [5.41, 5.74) is 46.2. The molecule has 11 aromatic rings. The van der Waals surface area contributed by atoms with Crippen LogP contribution in [0.15, 0.2) is 218 Å². The van der Waals surface area contributed by atoms with Crippen LogP contribution in [0.3, 0.4) is 0 Å². The van der Waals surface area contributed by atoms with Gasteiger partial charge in [-0.2, -0.15) is 0 Å². The van der Waals surface area contributed by atoms with Gasteiger partial charge in [0.15, 0.2) is 0 Å². The molecule has 92 heavy (non-hydrogen) atoms. The maximum absolute atomic E-state index is 13.5. The Morgan fingerprint density at radius 1 is 0.283 bits per heavy atom. The van der Waals surface area contributed by atoms with Crippen molar-refractivity contribution >= 4 is 92.3 Å². The van der Waals surface area contributed by atoms with Crippen molar-refractivity contribution in [3.05, 3.63) is 286 Å².